The lowest BCUT2D eigenvalue weighted by Crippen LogP contribution is -2.46. The number of nitrogens with one attached hydrogen (secondary N) is 1. The maximum Gasteiger partial charge on any atom is 0.251 e. The quantitative estimate of drug-likeness (QED) is 0.821. The minimum absolute atomic E-state index is 0.0199. The molecule has 1 aromatic rings. The number of likely N-dealkylation sites (tertiary alicyclic amines) is 1. The highest BCUT2D eigenvalue weighted by Crippen LogP contribution is 2.15. The molecular weight excluding hydrogens is 320 g/mol. The van der Waals surface area contributed by atoms with Crippen molar-refractivity contribution in [3.8, 4) is 5.75 Å². The van der Waals surface area contributed by atoms with Crippen LogP contribution in [0.2, 0.25) is 0 Å². The van der Waals surface area contributed by atoms with Crippen molar-refractivity contribution in [2.75, 3.05) is 19.7 Å². The zero-order valence-electron chi connectivity index (χ0n) is 14.9. The molecule has 1 saturated heterocycles. The van der Waals surface area contributed by atoms with Gasteiger partial charge >= 0.3 is 0 Å². The van der Waals surface area contributed by atoms with Gasteiger partial charge in [-0.1, -0.05) is 0 Å². The van der Waals surface area contributed by atoms with Crippen LogP contribution in [-0.2, 0) is 9.59 Å². The van der Waals surface area contributed by atoms with Crippen LogP contribution in [0.15, 0.2) is 24.3 Å². The van der Waals surface area contributed by atoms with E-state index in [0.29, 0.717) is 31.7 Å². The van der Waals surface area contributed by atoms with Crippen LogP contribution in [0.25, 0.3) is 0 Å². The standard InChI is InChI=1S/C19H26N2O4/c1-3-25-17-7-5-15(6-8-17)19(24)20-16-10-12-21(13-11-16)18(23)9-4-14(2)22/h5-8,16H,3-4,9-13H2,1-2H3,(H,20,24). The molecule has 2 rings (SSSR count). The number of hydrogen-bond acceptors (Lipinski definition) is 4. The Morgan fingerprint density at radius 3 is 2.32 bits per heavy atom. The number of ether oxygens (including phenoxy) is 1. The van der Waals surface area contributed by atoms with Crippen molar-refractivity contribution in [3.63, 3.8) is 0 Å². The zero-order valence-corrected chi connectivity index (χ0v) is 14.9. The minimum Gasteiger partial charge on any atom is -0.494 e. The third-order valence-corrected chi connectivity index (χ3v) is 4.30. The number of ketones is 1. The van der Waals surface area contributed by atoms with Crippen molar-refractivity contribution in [2.24, 2.45) is 0 Å². The lowest BCUT2D eigenvalue weighted by molar-refractivity contribution is -0.133. The fraction of sp³-hybridized carbons (Fsp3) is 0.526. The van der Waals surface area contributed by atoms with Crippen LogP contribution in [0.4, 0.5) is 0 Å². The summed E-state index contributed by atoms with van der Waals surface area (Å²) in [5.41, 5.74) is 0.600. The summed E-state index contributed by atoms with van der Waals surface area (Å²) >= 11 is 0. The number of carbonyl (C=O) groups is 3. The number of nitrogens with zero attached hydrogens (tertiary/aromatic N) is 1. The summed E-state index contributed by atoms with van der Waals surface area (Å²) in [5, 5.41) is 3.02. The topological polar surface area (TPSA) is 75.7 Å². The van der Waals surface area contributed by atoms with Crippen LogP contribution < -0.4 is 10.1 Å². The summed E-state index contributed by atoms with van der Waals surface area (Å²) in [6, 6.07) is 7.14. The van der Waals surface area contributed by atoms with Crippen LogP contribution in [0, 0.1) is 0 Å². The molecule has 1 aliphatic heterocycles. The molecule has 0 aliphatic carbocycles. The third kappa shape index (κ3) is 5.89. The lowest BCUT2D eigenvalue weighted by Gasteiger charge is -2.32. The maximum atomic E-state index is 12.3. The average Bonchev–Trinajstić information content (AvgIpc) is 2.61. The molecule has 1 aliphatic rings. The first kappa shape index (κ1) is 19.0. The molecular formula is C19H26N2O4. The fourth-order valence-corrected chi connectivity index (χ4v) is 2.85. The molecule has 25 heavy (non-hydrogen) atoms. The number of carbonyl (C=O) groups excluding carboxylic acids is 3. The van der Waals surface area contributed by atoms with Crippen LogP contribution in [-0.4, -0.2) is 48.2 Å². The highest BCUT2D eigenvalue weighted by Gasteiger charge is 2.24. The Morgan fingerprint density at radius 1 is 1.12 bits per heavy atom. The van der Waals surface area contributed by atoms with Gasteiger partial charge in [-0.25, -0.2) is 0 Å². The second kappa shape index (κ2) is 9.20. The van der Waals surface area contributed by atoms with Gasteiger partial charge in [0, 0.05) is 37.5 Å². The molecule has 0 unspecified atom stereocenters. The van der Waals surface area contributed by atoms with Crippen molar-refractivity contribution in [1.29, 1.82) is 0 Å². The second-order valence-electron chi connectivity index (χ2n) is 6.29. The van der Waals surface area contributed by atoms with E-state index in [9.17, 15) is 14.4 Å². The summed E-state index contributed by atoms with van der Waals surface area (Å²) in [6.45, 7) is 5.24. The first-order valence-electron chi connectivity index (χ1n) is 8.80. The molecule has 1 fully saturated rings. The number of Topliss-reactive ketones (excluding diaryl/α,β-unsaturated/α-hetero) is 1. The normalized spacial score (nSPS) is 14.9. The first-order valence-corrected chi connectivity index (χ1v) is 8.80. The lowest BCUT2D eigenvalue weighted by atomic mass is 10.0. The van der Waals surface area contributed by atoms with Gasteiger partial charge in [-0.3, -0.25) is 9.59 Å². The Morgan fingerprint density at radius 2 is 1.76 bits per heavy atom. The fourth-order valence-electron chi connectivity index (χ4n) is 2.85. The minimum atomic E-state index is -0.107. The number of hydrogen-bond donors (Lipinski definition) is 1. The molecule has 6 nitrogen and oxygen atoms in total. The molecule has 2 amide bonds. The highest BCUT2D eigenvalue weighted by atomic mass is 16.5. The SMILES string of the molecule is CCOc1ccc(C(=O)NC2CCN(C(=O)CCC(C)=O)CC2)cc1. The van der Waals surface area contributed by atoms with E-state index in [1.807, 2.05) is 6.92 Å². The van der Waals surface area contributed by atoms with Gasteiger partial charge in [-0.15, -0.1) is 0 Å². The Hall–Kier alpha value is -2.37. The molecule has 0 aromatic heterocycles. The molecule has 1 N–H and O–H groups in total. The Kier molecular flexibility index (Phi) is 6.98. The van der Waals surface area contributed by atoms with Crippen LogP contribution in [0.5, 0.6) is 5.75 Å². The van der Waals surface area contributed by atoms with Crippen molar-refractivity contribution in [3.05, 3.63) is 29.8 Å². The molecule has 0 radical (unpaired) electrons. The highest BCUT2D eigenvalue weighted by molar-refractivity contribution is 5.94. The van der Waals surface area contributed by atoms with E-state index in [4.69, 9.17) is 4.74 Å². The summed E-state index contributed by atoms with van der Waals surface area (Å²) in [4.78, 5) is 37.1. The summed E-state index contributed by atoms with van der Waals surface area (Å²) in [7, 11) is 0. The molecule has 6 heteroatoms. The van der Waals surface area contributed by atoms with Crippen molar-refractivity contribution in [1.82, 2.24) is 10.2 Å². The largest absolute Gasteiger partial charge is 0.494 e. The van der Waals surface area contributed by atoms with Gasteiger partial charge in [0.15, 0.2) is 0 Å². The van der Waals surface area contributed by atoms with E-state index in [1.54, 1.807) is 29.2 Å². The van der Waals surface area contributed by atoms with E-state index in [0.717, 1.165) is 18.6 Å². The molecule has 0 bridgehead atoms. The Labute approximate surface area is 148 Å². The van der Waals surface area contributed by atoms with E-state index in [1.165, 1.54) is 6.92 Å². The predicted octanol–water partition coefficient (Wildman–Crippen LogP) is 2.18. The average molecular weight is 346 g/mol. The van der Waals surface area contributed by atoms with Crippen LogP contribution in [0.3, 0.4) is 0 Å². The zero-order chi connectivity index (χ0) is 18.2. The van der Waals surface area contributed by atoms with Gasteiger partial charge < -0.3 is 19.7 Å². The van der Waals surface area contributed by atoms with Crippen LogP contribution in [0.1, 0.15) is 49.9 Å². The van der Waals surface area contributed by atoms with Crippen LogP contribution >= 0.6 is 0 Å². The maximum absolute atomic E-state index is 12.3. The molecule has 0 saturated carbocycles. The molecule has 1 aromatic carbocycles. The van der Waals surface area contributed by atoms with E-state index in [-0.39, 0.29) is 30.1 Å². The Balaban J connectivity index is 1.78. The van der Waals surface area contributed by atoms with E-state index >= 15 is 0 Å². The first-order chi connectivity index (χ1) is 12.0. The van der Waals surface area contributed by atoms with Gasteiger partial charge in [-0.05, 0) is 51.0 Å². The van der Waals surface area contributed by atoms with Gasteiger partial charge in [0.05, 0.1) is 6.61 Å². The number of benzene rings is 1. The number of amides is 2. The monoisotopic (exact) mass is 346 g/mol. The van der Waals surface area contributed by atoms with Gasteiger partial charge in [-0.2, -0.15) is 0 Å². The van der Waals surface area contributed by atoms with Crippen molar-refractivity contribution >= 4 is 17.6 Å². The smallest absolute Gasteiger partial charge is 0.251 e. The molecule has 1 heterocycles. The summed E-state index contributed by atoms with van der Waals surface area (Å²) < 4.78 is 5.37. The van der Waals surface area contributed by atoms with Gasteiger partial charge in [0.2, 0.25) is 5.91 Å². The third-order valence-electron chi connectivity index (χ3n) is 4.30. The molecule has 0 spiro atoms. The number of rotatable bonds is 7. The second-order valence-corrected chi connectivity index (χ2v) is 6.29. The van der Waals surface area contributed by atoms with E-state index < -0.39 is 0 Å². The van der Waals surface area contributed by atoms with Crippen molar-refractivity contribution in [2.45, 2.75) is 45.6 Å². The summed E-state index contributed by atoms with van der Waals surface area (Å²) in [6.07, 6.45) is 2.04. The Bertz CT molecular complexity index is 604. The van der Waals surface area contributed by atoms with Gasteiger partial charge in [0.1, 0.15) is 11.5 Å². The predicted molar refractivity (Wildman–Crippen MR) is 94.6 cm³/mol. The molecule has 136 valence electrons. The van der Waals surface area contributed by atoms with E-state index in [2.05, 4.69) is 5.32 Å². The van der Waals surface area contributed by atoms with Gasteiger partial charge in [0.25, 0.3) is 5.91 Å². The number of piperidine rings is 1. The summed E-state index contributed by atoms with van der Waals surface area (Å²) in [5.74, 6) is 0.693. The molecule has 0 atom stereocenters. The van der Waals surface area contributed by atoms with Crippen molar-refractivity contribution < 1.29 is 19.1 Å².